The Bertz CT molecular complexity index is 582. The maximum Gasteiger partial charge on any atom is 0.0991 e. The molecule has 2 rings (SSSR count). The van der Waals surface area contributed by atoms with Crippen LogP contribution in [0.15, 0.2) is 46.9 Å². The summed E-state index contributed by atoms with van der Waals surface area (Å²) in [5.74, 6) is 0. The van der Waals surface area contributed by atoms with Crippen molar-refractivity contribution in [2.75, 3.05) is 5.32 Å². The van der Waals surface area contributed by atoms with Gasteiger partial charge in [0.15, 0.2) is 0 Å². The minimum atomic E-state index is 0.690. The molecule has 90 valence electrons. The van der Waals surface area contributed by atoms with Crippen molar-refractivity contribution in [2.24, 2.45) is 0 Å². The van der Waals surface area contributed by atoms with Gasteiger partial charge in [-0.2, -0.15) is 5.26 Å². The van der Waals surface area contributed by atoms with E-state index in [0.717, 1.165) is 22.3 Å². The normalized spacial score (nSPS) is 9.83. The number of rotatable bonds is 3. The number of nitrogens with zero attached hydrogens (tertiary/aromatic N) is 1. The van der Waals surface area contributed by atoms with Gasteiger partial charge in [0, 0.05) is 16.7 Å². The number of hydrogen-bond acceptors (Lipinski definition) is 2. The van der Waals surface area contributed by atoms with Crippen molar-refractivity contribution in [3.05, 3.63) is 63.6 Å². The minimum Gasteiger partial charge on any atom is -0.380 e. The van der Waals surface area contributed by atoms with Crippen LogP contribution in [0.1, 0.15) is 16.7 Å². The zero-order valence-corrected chi connectivity index (χ0v) is 11.7. The quantitative estimate of drug-likeness (QED) is 0.920. The van der Waals surface area contributed by atoms with E-state index >= 15 is 0 Å². The van der Waals surface area contributed by atoms with Crippen molar-refractivity contribution in [3.8, 4) is 6.07 Å². The molecule has 0 aliphatic rings. The molecule has 0 spiro atoms. The van der Waals surface area contributed by atoms with Crippen LogP contribution in [0.4, 0.5) is 5.69 Å². The molecule has 0 unspecified atom stereocenters. The smallest absolute Gasteiger partial charge is 0.0991 e. The van der Waals surface area contributed by atoms with Gasteiger partial charge in [-0.3, -0.25) is 0 Å². The molecule has 0 saturated heterocycles. The van der Waals surface area contributed by atoms with Crippen LogP contribution >= 0.6 is 15.9 Å². The zero-order valence-electron chi connectivity index (χ0n) is 10.1. The minimum absolute atomic E-state index is 0.690. The van der Waals surface area contributed by atoms with Gasteiger partial charge in [-0.1, -0.05) is 24.3 Å². The molecule has 2 nitrogen and oxygen atoms in total. The van der Waals surface area contributed by atoms with E-state index in [1.165, 1.54) is 5.56 Å². The van der Waals surface area contributed by atoms with Crippen molar-refractivity contribution >= 4 is 21.6 Å². The van der Waals surface area contributed by atoms with Gasteiger partial charge < -0.3 is 5.32 Å². The summed E-state index contributed by atoms with van der Waals surface area (Å²) < 4.78 is 1.10. The van der Waals surface area contributed by atoms with Crippen molar-refractivity contribution in [1.82, 2.24) is 0 Å². The maximum atomic E-state index is 8.73. The van der Waals surface area contributed by atoms with E-state index < -0.39 is 0 Å². The molecule has 0 heterocycles. The Kier molecular flexibility index (Phi) is 4.01. The number of halogens is 1. The number of anilines is 1. The highest BCUT2D eigenvalue weighted by molar-refractivity contribution is 9.10. The summed E-state index contributed by atoms with van der Waals surface area (Å²) in [5, 5.41) is 12.1. The number of hydrogen-bond donors (Lipinski definition) is 1. The molecule has 0 bridgehead atoms. The molecule has 0 radical (unpaired) electrons. The fraction of sp³-hybridized carbons (Fsp3) is 0.133. The Morgan fingerprint density at radius 2 is 1.89 bits per heavy atom. The Hall–Kier alpha value is -1.79. The van der Waals surface area contributed by atoms with Gasteiger partial charge in [-0.15, -0.1) is 0 Å². The SMILES string of the molecule is Cc1cccc(NCc2ccc(C#N)cc2)c1Br. The fourth-order valence-corrected chi connectivity index (χ4v) is 2.08. The van der Waals surface area contributed by atoms with Crippen LogP contribution in [0, 0.1) is 18.3 Å². The van der Waals surface area contributed by atoms with Gasteiger partial charge in [0.1, 0.15) is 0 Å². The molecule has 2 aromatic carbocycles. The largest absolute Gasteiger partial charge is 0.380 e. The Morgan fingerprint density at radius 3 is 2.56 bits per heavy atom. The average molecular weight is 301 g/mol. The van der Waals surface area contributed by atoms with E-state index in [4.69, 9.17) is 5.26 Å². The van der Waals surface area contributed by atoms with E-state index in [-0.39, 0.29) is 0 Å². The second kappa shape index (κ2) is 5.70. The summed E-state index contributed by atoms with van der Waals surface area (Å²) in [4.78, 5) is 0. The monoisotopic (exact) mass is 300 g/mol. The van der Waals surface area contributed by atoms with Crippen LogP contribution in [-0.2, 0) is 6.54 Å². The lowest BCUT2D eigenvalue weighted by Gasteiger charge is -2.10. The standard InChI is InChI=1S/C15H13BrN2/c1-11-3-2-4-14(15(11)16)18-10-13-7-5-12(9-17)6-8-13/h2-8,18H,10H2,1H3. The lowest BCUT2D eigenvalue weighted by Crippen LogP contribution is -2.00. The van der Waals surface area contributed by atoms with Gasteiger partial charge >= 0.3 is 0 Å². The molecule has 0 aliphatic carbocycles. The van der Waals surface area contributed by atoms with Crippen LogP contribution < -0.4 is 5.32 Å². The van der Waals surface area contributed by atoms with Crippen LogP contribution in [0.3, 0.4) is 0 Å². The van der Waals surface area contributed by atoms with Gasteiger partial charge in [-0.25, -0.2) is 0 Å². The van der Waals surface area contributed by atoms with Crippen molar-refractivity contribution in [1.29, 1.82) is 5.26 Å². The first kappa shape index (κ1) is 12.7. The van der Waals surface area contributed by atoms with E-state index in [2.05, 4.69) is 40.3 Å². The molecule has 0 aromatic heterocycles. The summed E-state index contributed by atoms with van der Waals surface area (Å²) in [6.07, 6.45) is 0. The summed E-state index contributed by atoms with van der Waals surface area (Å²) in [6.45, 7) is 2.81. The molecule has 0 saturated carbocycles. The summed E-state index contributed by atoms with van der Waals surface area (Å²) in [6, 6.07) is 15.9. The molecule has 0 atom stereocenters. The molecule has 3 heteroatoms. The molecular weight excluding hydrogens is 288 g/mol. The first-order valence-electron chi connectivity index (χ1n) is 5.69. The number of aryl methyl sites for hydroxylation is 1. The van der Waals surface area contributed by atoms with Gasteiger partial charge in [0.2, 0.25) is 0 Å². The third-order valence-electron chi connectivity index (χ3n) is 2.76. The predicted molar refractivity (Wildman–Crippen MR) is 77.4 cm³/mol. The molecule has 18 heavy (non-hydrogen) atoms. The van der Waals surface area contributed by atoms with E-state index in [9.17, 15) is 0 Å². The lowest BCUT2D eigenvalue weighted by atomic mass is 10.1. The summed E-state index contributed by atoms with van der Waals surface area (Å²) in [5.41, 5.74) is 4.14. The summed E-state index contributed by atoms with van der Waals surface area (Å²) >= 11 is 3.57. The van der Waals surface area contributed by atoms with E-state index in [0.29, 0.717) is 5.56 Å². The van der Waals surface area contributed by atoms with Crippen molar-refractivity contribution < 1.29 is 0 Å². The van der Waals surface area contributed by atoms with E-state index in [1.807, 2.05) is 36.4 Å². The Morgan fingerprint density at radius 1 is 1.17 bits per heavy atom. The van der Waals surface area contributed by atoms with Crippen molar-refractivity contribution in [2.45, 2.75) is 13.5 Å². The Labute approximate surface area is 115 Å². The van der Waals surface area contributed by atoms with Gasteiger partial charge in [0.25, 0.3) is 0 Å². The first-order valence-corrected chi connectivity index (χ1v) is 6.48. The van der Waals surface area contributed by atoms with Crippen LogP contribution in [-0.4, -0.2) is 0 Å². The second-order valence-electron chi connectivity index (χ2n) is 4.10. The predicted octanol–water partition coefficient (Wildman–Crippen LogP) is 4.24. The summed E-state index contributed by atoms with van der Waals surface area (Å²) in [7, 11) is 0. The third kappa shape index (κ3) is 2.91. The molecule has 2 aromatic rings. The van der Waals surface area contributed by atoms with Gasteiger partial charge in [-0.05, 0) is 52.2 Å². The highest BCUT2D eigenvalue weighted by Crippen LogP contribution is 2.26. The van der Waals surface area contributed by atoms with Crippen molar-refractivity contribution in [3.63, 3.8) is 0 Å². The third-order valence-corrected chi connectivity index (χ3v) is 3.81. The average Bonchev–Trinajstić information content (AvgIpc) is 2.41. The fourth-order valence-electron chi connectivity index (χ4n) is 1.68. The molecule has 0 amide bonds. The molecule has 0 fully saturated rings. The van der Waals surface area contributed by atoms with E-state index in [1.54, 1.807) is 0 Å². The molecule has 0 aliphatic heterocycles. The highest BCUT2D eigenvalue weighted by Gasteiger charge is 2.01. The zero-order chi connectivity index (χ0) is 13.0. The molecular formula is C15H13BrN2. The highest BCUT2D eigenvalue weighted by atomic mass is 79.9. The second-order valence-corrected chi connectivity index (χ2v) is 4.89. The van der Waals surface area contributed by atoms with Gasteiger partial charge in [0.05, 0.1) is 11.6 Å². The first-order chi connectivity index (χ1) is 8.70. The molecule has 1 N–H and O–H groups in total. The van der Waals surface area contributed by atoms with Crippen LogP contribution in [0.2, 0.25) is 0 Å². The van der Waals surface area contributed by atoms with Crippen LogP contribution in [0.5, 0.6) is 0 Å². The maximum absolute atomic E-state index is 8.73. The lowest BCUT2D eigenvalue weighted by molar-refractivity contribution is 1.14. The number of nitrogens with one attached hydrogen (secondary N) is 1. The Balaban J connectivity index is 2.07. The number of benzene rings is 2. The number of nitriles is 1. The topological polar surface area (TPSA) is 35.8 Å². The van der Waals surface area contributed by atoms with Crippen LogP contribution in [0.25, 0.3) is 0 Å².